The molecule has 1 saturated heterocycles. The zero-order chi connectivity index (χ0) is 18.7. The van der Waals surface area contributed by atoms with E-state index >= 15 is 0 Å². The number of hydrogen-bond donors (Lipinski definition) is 2. The van der Waals surface area contributed by atoms with Crippen LogP contribution in [0.1, 0.15) is 45.2 Å². The molecule has 3 heterocycles. The number of hydrogen-bond acceptors (Lipinski definition) is 6. The van der Waals surface area contributed by atoms with E-state index in [1.807, 2.05) is 26.8 Å². The van der Waals surface area contributed by atoms with E-state index in [0.717, 1.165) is 18.5 Å². The average molecular weight is 379 g/mol. The summed E-state index contributed by atoms with van der Waals surface area (Å²) in [5.41, 5.74) is 0.568. The number of halogens is 1. The summed E-state index contributed by atoms with van der Waals surface area (Å²) in [6.45, 7) is 6.97. The van der Waals surface area contributed by atoms with E-state index < -0.39 is 5.60 Å². The third-order valence-corrected chi connectivity index (χ3v) is 4.28. The van der Waals surface area contributed by atoms with Crippen molar-refractivity contribution in [2.75, 3.05) is 18.4 Å². The Hall–Kier alpha value is -2.35. The number of nitrogens with zero attached hydrogens (tertiary/aromatic N) is 4. The third kappa shape index (κ3) is 4.85. The van der Waals surface area contributed by atoms with Gasteiger partial charge < -0.3 is 15.0 Å². The monoisotopic (exact) mass is 378 g/mol. The number of piperidine rings is 1. The number of likely N-dealkylation sites (tertiary alicyclic amines) is 1. The molecule has 0 aliphatic carbocycles. The van der Waals surface area contributed by atoms with E-state index in [1.54, 1.807) is 11.0 Å². The summed E-state index contributed by atoms with van der Waals surface area (Å²) in [5, 5.41) is 10.8. The van der Waals surface area contributed by atoms with Crippen molar-refractivity contribution >= 4 is 29.3 Å². The molecule has 0 radical (unpaired) electrons. The standard InChI is InChI=1S/C17H23ClN6O2/c1-17(2,3)26-16(25)24-6-4-11(5-7-24)12-8-15(23-22-12)21-14-9-13(18)19-10-20-14/h8-11H,4-7H2,1-3H3,(H2,19,20,21,22,23). The van der Waals surface area contributed by atoms with Gasteiger partial charge in [0.05, 0.1) is 0 Å². The molecule has 0 bridgehead atoms. The lowest BCUT2D eigenvalue weighted by Crippen LogP contribution is -2.41. The maximum absolute atomic E-state index is 12.1. The van der Waals surface area contributed by atoms with Gasteiger partial charge in [0, 0.05) is 36.8 Å². The highest BCUT2D eigenvalue weighted by molar-refractivity contribution is 6.29. The number of amides is 1. The smallest absolute Gasteiger partial charge is 0.410 e. The summed E-state index contributed by atoms with van der Waals surface area (Å²) in [6.07, 6.45) is 2.87. The lowest BCUT2D eigenvalue weighted by atomic mass is 9.94. The van der Waals surface area contributed by atoms with Gasteiger partial charge in [-0.05, 0) is 33.6 Å². The lowest BCUT2D eigenvalue weighted by molar-refractivity contribution is 0.0204. The first-order valence-electron chi connectivity index (χ1n) is 8.58. The number of carbonyl (C=O) groups excluding carboxylic acids is 1. The van der Waals surface area contributed by atoms with Gasteiger partial charge in [-0.1, -0.05) is 11.6 Å². The second-order valence-corrected chi connectivity index (χ2v) is 7.69. The molecule has 1 aliphatic heterocycles. The molecule has 0 spiro atoms. The summed E-state index contributed by atoms with van der Waals surface area (Å²) in [7, 11) is 0. The molecule has 2 aromatic heterocycles. The minimum atomic E-state index is -0.470. The Balaban J connectivity index is 1.55. The molecule has 0 saturated carbocycles. The highest BCUT2D eigenvalue weighted by Crippen LogP contribution is 2.29. The van der Waals surface area contributed by atoms with Crippen LogP contribution in [0.4, 0.5) is 16.4 Å². The fourth-order valence-electron chi connectivity index (χ4n) is 2.84. The fourth-order valence-corrected chi connectivity index (χ4v) is 2.99. The van der Waals surface area contributed by atoms with E-state index in [1.165, 1.54) is 6.33 Å². The largest absolute Gasteiger partial charge is 0.444 e. The lowest BCUT2D eigenvalue weighted by Gasteiger charge is -2.33. The predicted molar refractivity (Wildman–Crippen MR) is 98.7 cm³/mol. The quantitative estimate of drug-likeness (QED) is 0.790. The second kappa shape index (κ2) is 7.49. The van der Waals surface area contributed by atoms with Gasteiger partial charge >= 0.3 is 6.09 Å². The van der Waals surface area contributed by atoms with Gasteiger partial charge in [-0.2, -0.15) is 5.10 Å². The van der Waals surface area contributed by atoms with Crippen molar-refractivity contribution in [2.24, 2.45) is 0 Å². The van der Waals surface area contributed by atoms with E-state index in [2.05, 4.69) is 25.5 Å². The van der Waals surface area contributed by atoms with Crippen molar-refractivity contribution in [3.05, 3.63) is 29.3 Å². The van der Waals surface area contributed by atoms with Crippen LogP contribution in [0.15, 0.2) is 18.5 Å². The van der Waals surface area contributed by atoms with Crippen molar-refractivity contribution < 1.29 is 9.53 Å². The molecule has 0 unspecified atom stereocenters. The molecule has 1 fully saturated rings. The van der Waals surface area contributed by atoms with Crippen LogP contribution < -0.4 is 5.32 Å². The van der Waals surface area contributed by atoms with Gasteiger partial charge in [0.15, 0.2) is 5.82 Å². The number of rotatable bonds is 3. The molecule has 2 N–H and O–H groups in total. The minimum absolute atomic E-state index is 0.247. The van der Waals surface area contributed by atoms with E-state index in [-0.39, 0.29) is 6.09 Å². The zero-order valence-electron chi connectivity index (χ0n) is 15.1. The van der Waals surface area contributed by atoms with Crippen molar-refractivity contribution in [1.29, 1.82) is 0 Å². The second-order valence-electron chi connectivity index (χ2n) is 7.30. The van der Waals surface area contributed by atoms with Gasteiger partial charge in [-0.25, -0.2) is 14.8 Å². The van der Waals surface area contributed by atoms with E-state index in [0.29, 0.717) is 35.8 Å². The Labute approximate surface area is 157 Å². The molecule has 8 nitrogen and oxygen atoms in total. The molecule has 3 rings (SSSR count). The zero-order valence-corrected chi connectivity index (χ0v) is 15.9. The molecular weight excluding hydrogens is 356 g/mol. The molecule has 2 aromatic rings. The number of ether oxygens (including phenoxy) is 1. The van der Waals surface area contributed by atoms with Crippen LogP contribution >= 0.6 is 11.6 Å². The molecule has 0 aromatic carbocycles. The molecule has 1 amide bonds. The van der Waals surface area contributed by atoms with Crippen LogP contribution in [0.25, 0.3) is 0 Å². The Morgan fingerprint density at radius 2 is 2.00 bits per heavy atom. The Morgan fingerprint density at radius 3 is 2.65 bits per heavy atom. The van der Waals surface area contributed by atoms with Gasteiger partial charge in [-0.15, -0.1) is 0 Å². The van der Waals surface area contributed by atoms with Crippen molar-refractivity contribution in [3.8, 4) is 0 Å². The van der Waals surface area contributed by atoms with Crippen LogP contribution in [0, 0.1) is 0 Å². The normalized spacial score (nSPS) is 15.8. The van der Waals surface area contributed by atoms with Crippen LogP contribution in [-0.2, 0) is 4.74 Å². The number of carbonyl (C=O) groups is 1. The first-order valence-corrected chi connectivity index (χ1v) is 8.96. The topological polar surface area (TPSA) is 96.0 Å². The van der Waals surface area contributed by atoms with Gasteiger partial charge in [0.2, 0.25) is 0 Å². The Kier molecular flexibility index (Phi) is 5.31. The molecular formula is C17H23ClN6O2. The highest BCUT2D eigenvalue weighted by atomic mass is 35.5. The van der Waals surface area contributed by atoms with Crippen LogP contribution in [0.3, 0.4) is 0 Å². The Morgan fingerprint density at radius 1 is 1.27 bits per heavy atom. The van der Waals surface area contributed by atoms with Crippen molar-refractivity contribution in [1.82, 2.24) is 25.1 Å². The van der Waals surface area contributed by atoms with E-state index in [4.69, 9.17) is 16.3 Å². The summed E-state index contributed by atoms with van der Waals surface area (Å²) in [6, 6.07) is 3.60. The minimum Gasteiger partial charge on any atom is -0.444 e. The average Bonchev–Trinajstić information content (AvgIpc) is 3.02. The number of aromatic amines is 1. The molecule has 0 atom stereocenters. The maximum Gasteiger partial charge on any atom is 0.410 e. The van der Waals surface area contributed by atoms with Gasteiger partial charge in [0.1, 0.15) is 22.9 Å². The van der Waals surface area contributed by atoms with Gasteiger partial charge in [0.25, 0.3) is 0 Å². The van der Waals surface area contributed by atoms with E-state index in [9.17, 15) is 4.79 Å². The number of nitrogens with one attached hydrogen (secondary N) is 2. The first kappa shape index (κ1) is 18.4. The van der Waals surface area contributed by atoms with Crippen molar-refractivity contribution in [3.63, 3.8) is 0 Å². The van der Waals surface area contributed by atoms with Crippen molar-refractivity contribution in [2.45, 2.75) is 45.1 Å². The molecule has 26 heavy (non-hydrogen) atoms. The molecule has 1 aliphatic rings. The Bertz CT molecular complexity index is 765. The van der Waals surface area contributed by atoms with Gasteiger partial charge in [-0.3, -0.25) is 5.10 Å². The first-order chi connectivity index (χ1) is 12.3. The maximum atomic E-state index is 12.1. The third-order valence-electron chi connectivity index (χ3n) is 4.07. The summed E-state index contributed by atoms with van der Waals surface area (Å²) in [4.78, 5) is 21.9. The predicted octanol–water partition coefficient (Wildman–Crippen LogP) is 3.71. The molecule has 9 heteroatoms. The van der Waals surface area contributed by atoms with Crippen LogP contribution in [0.2, 0.25) is 5.15 Å². The fraction of sp³-hybridized carbons (Fsp3) is 0.529. The number of H-pyrrole nitrogens is 1. The summed E-state index contributed by atoms with van der Waals surface area (Å²) < 4.78 is 5.43. The number of aromatic nitrogens is 4. The van der Waals surface area contributed by atoms with Crippen LogP contribution in [0.5, 0.6) is 0 Å². The van der Waals surface area contributed by atoms with Crippen LogP contribution in [-0.4, -0.2) is 49.8 Å². The highest BCUT2D eigenvalue weighted by Gasteiger charge is 2.28. The summed E-state index contributed by atoms with van der Waals surface area (Å²) >= 11 is 5.86. The number of anilines is 2. The SMILES string of the molecule is CC(C)(C)OC(=O)N1CCC(c2cc(Nc3cc(Cl)ncn3)n[nH]2)CC1. The summed E-state index contributed by atoms with van der Waals surface area (Å²) in [5.74, 6) is 1.58. The molecule has 140 valence electrons.